The predicted molar refractivity (Wildman–Crippen MR) is 136 cm³/mol. The van der Waals surface area contributed by atoms with E-state index in [1.807, 2.05) is 0 Å². The average molecular weight is 520 g/mol. The Bertz CT molecular complexity index is 1530. The van der Waals surface area contributed by atoms with Crippen LogP contribution in [0.4, 0.5) is 19.4 Å². The number of hydrogen-bond donors (Lipinski definition) is 2. The minimum absolute atomic E-state index is 0.0595. The minimum atomic E-state index is -0.867. The van der Waals surface area contributed by atoms with Crippen LogP contribution in [0.15, 0.2) is 41.3 Å². The number of urea groups is 1. The van der Waals surface area contributed by atoms with Gasteiger partial charge < -0.3 is 10.6 Å². The summed E-state index contributed by atoms with van der Waals surface area (Å²) in [6.45, 7) is 0.833. The zero-order valence-corrected chi connectivity index (χ0v) is 20.7. The topological polar surface area (TPSA) is 96.3 Å². The Morgan fingerprint density at radius 1 is 1.03 bits per heavy atom. The molecule has 0 unspecified atom stereocenters. The van der Waals surface area contributed by atoms with Crippen LogP contribution in [0.1, 0.15) is 48.9 Å². The Hall–Kier alpha value is -3.82. The molecular weight excluding hydrogens is 492 g/mol. The number of hydrogen-bond acceptors (Lipinski definition) is 4. The number of carbonyl (C=O) groups excluding carboxylic acids is 2. The van der Waals surface area contributed by atoms with Crippen LogP contribution in [-0.4, -0.2) is 40.1 Å². The standard InChI is InChI=1S/C28H27F2N5O3/c29-18-1-3-22(21(30)10-18)35-14-20(26(37)33-28-11-15-7-16(12-28)9-17(8-15)13-28)24(36)19-2-4-23(32-25(19)35)34-6-5-31-27(34)38/h1-4,10,14-17H,5-9,11-13H2,(H,31,38)(H,33,37). The quantitative estimate of drug-likeness (QED) is 0.547. The summed E-state index contributed by atoms with van der Waals surface area (Å²) >= 11 is 0. The van der Waals surface area contributed by atoms with E-state index in [9.17, 15) is 18.8 Å². The van der Waals surface area contributed by atoms with Crippen molar-refractivity contribution in [3.8, 4) is 5.69 Å². The van der Waals surface area contributed by atoms with Gasteiger partial charge >= 0.3 is 6.03 Å². The van der Waals surface area contributed by atoms with E-state index in [1.165, 1.54) is 47.1 Å². The summed E-state index contributed by atoms with van der Waals surface area (Å²) in [6, 6.07) is 5.81. The van der Waals surface area contributed by atoms with E-state index in [0.29, 0.717) is 30.8 Å². The van der Waals surface area contributed by atoms with Crippen molar-refractivity contribution in [2.24, 2.45) is 17.8 Å². The zero-order chi connectivity index (χ0) is 26.2. The Balaban J connectivity index is 1.35. The first kappa shape index (κ1) is 23.3. The number of pyridine rings is 2. The largest absolute Gasteiger partial charge is 0.346 e. The molecule has 4 aliphatic carbocycles. The number of nitrogens with one attached hydrogen (secondary N) is 2. The monoisotopic (exact) mass is 519 g/mol. The smallest absolute Gasteiger partial charge is 0.323 e. The minimum Gasteiger partial charge on any atom is -0.346 e. The summed E-state index contributed by atoms with van der Waals surface area (Å²) in [4.78, 5) is 45.5. The van der Waals surface area contributed by atoms with Gasteiger partial charge in [-0.3, -0.25) is 19.1 Å². The fourth-order valence-corrected chi connectivity index (χ4v) is 7.63. The third-order valence-corrected chi connectivity index (χ3v) is 8.80. The maximum absolute atomic E-state index is 15.0. The molecule has 3 aromatic rings. The van der Waals surface area contributed by atoms with Gasteiger partial charge in [0.15, 0.2) is 5.65 Å². The SMILES string of the molecule is O=C(NC12CC3CC(CC(C3)C1)C2)c1cn(-c2ccc(F)cc2F)c2nc(N3CCNC3=O)ccc2c1=O. The molecule has 0 spiro atoms. The molecular formula is C28H27F2N5O3. The fraction of sp³-hybridized carbons (Fsp3) is 0.429. The molecule has 3 amide bonds. The van der Waals surface area contributed by atoms with Crippen LogP contribution < -0.4 is 21.0 Å². The number of nitrogens with zero attached hydrogens (tertiary/aromatic N) is 3. The van der Waals surface area contributed by atoms with Crippen molar-refractivity contribution in [1.29, 1.82) is 0 Å². The van der Waals surface area contributed by atoms with E-state index in [0.717, 1.165) is 31.4 Å². The normalized spacial score (nSPS) is 27.7. The molecule has 3 heterocycles. The van der Waals surface area contributed by atoms with E-state index in [4.69, 9.17) is 0 Å². The molecule has 196 valence electrons. The first-order chi connectivity index (χ1) is 18.3. The summed E-state index contributed by atoms with van der Waals surface area (Å²) in [6.07, 6.45) is 7.68. The molecule has 10 heteroatoms. The van der Waals surface area contributed by atoms with Gasteiger partial charge in [-0.05, 0) is 80.5 Å². The predicted octanol–water partition coefficient (Wildman–Crippen LogP) is 3.89. The van der Waals surface area contributed by atoms with Gasteiger partial charge in [-0.1, -0.05) is 0 Å². The van der Waals surface area contributed by atoms with Crippen molar-refractivity contribution < 1.29 is 18.4 Å². The number of carbonyl (C=O) groups is 2. The molecule has 0 atom stereocenters. The Labute approximate surface area is 217 Å². The van der Waals surface area contributed by atoms with Crippen LogP contribution in [-0.2, 0) is 0 Å². The Morgan fingerprint density at radius 3 is 2.37 bits per heavy atom. The summed E-state index contributed by atoms with van der Waals surface area (Å²) < 4.78 is 30.1. The maximum atomic E-state index is 15.0. The van der Waals surface area contributed by atoms with Gasteiger partial charge in [0.2, 0.25) is 5.43 Å². The first-order valence-corrected chi connectivity index (χ1v) is 13.2. The van der Waals surface area contributed by atoms with Crippen LogP contribution in [0.2, 0.25) is 0 Å². The molecule has 4 saturated carbocycles. The summed E-state index contributed by atoms with van der Waals surface area (Å²) in [5.74, 6) is -0.00470. The highest BCUT2D eigenvalue weighted by Gasteiger charge is 2.51. The third-order valence-electron chi connectivity index (χ3n) is 8.80. The molecule has 1 saturated heterocycles. The number of benzene rings is 1. The lowest BCUT2D eigenvalue weighted by Crippen LogP contribution is -2.60. The molecule has 0 radical (unpaired) electrons. The van der Waals surface area contributed by atoms with Crippen LogP contribution in [0.25, 0.3) is 16.7 Å². The molecule has 38 heavy (non-hydrogen) atoms. The lowest BCUT2D eigenvalue weighted by molar-refractivity contribution is -0.0167. The zero-order valence-electron chi connectivity index (χ0n) is 20.7. The van der Waals surface area contributed by atoms with Crippen LogP contribution >= 0.6 is 0 Å². The third kappa shape index (κ3) is 3.68. The molecule has 2 aromatic heterocycles. The van der Waals surface area contributed by atoms with E-state index >= 15 is 4.39 Å². The van der Waals surface area contributed by atoms with Crippen molar-refractivity contribution >= 4 is 28.8 Å². The summed E-state index contributed by atoms with van der Waals surface area (Å²) in [5.41, 5.74) is -0.944. The lowest BCUT2D eigenvalue weighted by atomic mass is 9.53. The number of amides is 3. The molecule has 5 fully saturated rings. The number of halogens is 2. The van der Waals surface area contributed by atoms with Gasteiger partial charge in [0, 0.05) is 30.9 Å². The maximum Gasteiger partial charge on any atom is 0.323 e. The van der Waals surface area contributed by atoms with Crippen molar-refractivity contribution in [3.05, 3.63) is 63.9 Å². The summed E-state index contributed by atoms with van der Waals surface area (Å²) in [5, 5.41) is 6.03. The van der Waals surface area contributed by atoms with Gasteiger partial charge in [-0.15, -0.1) is 0 Å². The fourth-order valence-electron chi connectivity index (χ4n) is 7.63. The van der Waals surface area contributed by atoms with Crippen LogP contribution in [0.3, 0.4) is 0 Å². The highest BCUT2D eigenvalue weighted by molar-refractivity contribution is 5.98. The number of anilines is 1. The molecule has 1 aliphatic heterocycles. The number of fused-ring (bicyclic) bond motifs is 1. The second-order valence-corrected chi connectivity index (χ2v) is 11.4. The van der Waals surface area contributed by atoms with E-state index in [1.54, 1.807) is 6.07 Å². The molecule has 8 nitrogen and oxygen atoms in total. The van der Waals surface area contributed by atoms with Crippen molar-refractivity contribution in [2.75, 3.05) is 18.0 Å². The first-order valence-electron chi connectivity index (χ1n) is 13.2. The van der Waals surface area contributed by atoms with Gasteiger partial charge in [-0.2, -0.15) is 0 Å². The highest BCUT2D eigenvalue weighted by Crippen LogP contribution is 2.55. The second-order valence-electron chi connectivity index (χ2n) is 11.4. The van der Waals surface area contributed by atoms with Crippen molar-refractivity contribution in [1.82, 2.24) is 20.2 Å². The lowest BCUT2D eigenvalue weighted by Gasteiger charge is -2.56. The molecule has 1 aromatic carbocycles. The van der Waals surface area contributed by atoms with Crippen molar-refractivity contribution in [3.63, 3.8) is 0 Å². The average Bonchev–Trinajstić information content (AvgIpc) is 3.29. The Morgan fingerprint density at radius 2 is 1.74 bits per heavy atom. The number of rotatable bonds is 4. The second kappa shape index (κ2) is 8.34. The van der Waals surface area contributed by atoms with Crippen LogP contribution in [0.5, 0.6) is 0 Å². The molecule has 4 bridgehead atoms. The highest BCUT2D eigenvalue weighted by atomic mass is 19.1. The van der Waals surface area contributed by atoms with Gasteiger partial charge in [-0.25, -0.2) is 18.6 Å². The van der Waals surface area contributed by atoms with Crippen molar-refractivity contribution in [2.45, 2.75) is 44.1 Å². The Kier molecular flexibility index (Phi) is 5.12. The van der Waals surface area contributed by atoms with Gasteiger partial charge in [0.05, 0.1) is 11.1 Å². The molecule has 2 N–H and O–H groups in total. The van der Waals surface area contributed by atoms with E-state index in [2.05, 4.69) is 15.6 Å². The van der Waals surface area contributed by atoms with E-state index < -0.39 is 23.0 Å². The summed E-state index contributed by atoms with van der Waals surface area (Å²) in [7, 11) is 0. The molecule has 8 rings (SSSR count). The van der Waals surface area contributed by atoms with E-state index in [-0.39, 0.29) is 39.7 Å². The van der Waals surface area contributed by atoms with Gasteiger partial charge in [0.1, 0.15) is 23.0 Å². The number of aromatic nitrogens is 2. The molecule has 5 aliphatic rings. The van der Waals surface area contributed by atoms with Gasteiger partial charge in [0.25, 0.3) is 5.91 Å². The van der Waals surface area contributed by atoms with Crippen LogP contribution in [0, 0.1) is 29.4 Å².